The van der Waals surface area contributed by atoms with Crippen LogP contribution >= 0.6 is 11.8 Å². The van der Waals surface area contributed by atoms with E-state index in [2.05, 4.69) is 33.7 Å². The molecule has 5 nitrogen and oxygen atoms in total. The number of hydrogen-bond acceptors (Lipinski definition) is 4. The number of hydrogen-bond donors (Lipinski definition) is 0. The van der Waals surface area contributed by atoms with E-state index < -0.39 is 0 Å². The number of thioether (sulfide) groups is 1. The van der Waals surface area contributed by atoms with Gasteiger partial charge in [-0.25, -0.2) is 4.39 Å². The average Bonchev–Trinajstić information content (AvgIpc) is 3.29. The lowest BCUT2D eigenvalue weighted by Gasteiger charge is -2.13. The zero-order valence-electron chi connectivity index (χ0n) is 15.9. The fourth-order valence-electron chi connectivity index (χ4n) is 2.92. The van der Waals surface area contributed by atoms with Crippen molar-refractivity contribution in [2.24, 2.45) is 5.92 Å². The highest BCUT2D eigenvalue weighted by Crippen LogP contribution is 2.27. The van der Waals surface area contributed by atoms with Crippen molar-refractivity contribution in [1.82, 2.24) is 24.5 Å². The highest BCUT2D eigenvalue weighted by molar-refractivity contribution is 7.99. The summed E-state index contributed by atoms with van der Waals surface area (Å²) in [6, 6.07) is 8.71. The molecule has 27 heavy (non-hydrogen) atoms. The number of benzene rings is 1. The predicted molar refractivity (Wildman–Crippen MR) is 107 cm³/mol. The Hall–Kier alpha value is -2.15. The Labute approximate surface area is 164 Å². The van der Waals surface area contributed by atoms with Gasteiger partial charge in [0.25, 0.3) is 0 Å². The SMILES string of the molecule is CC(C)Cn1c(SCCCCCn2cccn2)nnc1-c1ccccc1F. The Bertz CT molecular complexity index is 829. The van der Waals surface area contributed by atoms with Gasteiger partial charge >= 0.3 is 0 Å². The molecular weight excluding hydrogens is 361 g/mol. The van der Waals surface area contributed by atoms with Gasteiger partial charge in [-0.15, -0.1) is 10.2 Å². The molecule has 7 heteroatoms. The molecule has 0 fully saturated rings. The van der Waals surface area contributed by atoms with Gasteiger partial charge < -0.3 is 4.57 Å². The van der Waals surface area contributed by atoms with Crippen molar-refractivity contribution >= 4 is 11.8 Å². The van der Waals surface area contributed by atoms with Crippen molar-refractivity contribution in [3.8, 4) is 11.4 Å². The topological polar surface area (TPSA) is 48.5 Å². The van der Waals surface area contributed by atoms with Crippen LogP contribution in [0.4, 0.5) is 4.39 Å². The molecule has 0 atom stereocenters. The third kappa shape index (κ3) is 5.42. The molecule has 0 aliphatic rings. The van der Waals surface area contributed by atoms with E-state index in [9.17, 15) is 4.39 Å². The van der Waals surface area contributed by atoms with Crippen LogP contribution in [-0.2, 0) is 13.1 Å². The summed E-state index contributed by atoms with van der Waals surface area (Å²) in [5.74, 6) is 1.76. The predicted octanol–water partition coefficient (Wildman–Crippen LogP) is 4.90. The van der Waals surface area contributed by atoms with Crippen molar-refractivity contribution in [3.05, 3.63) is 48.5 Å². The molecular formula is C20H26FN5S. The molecule has 0 radical (unpaired) electrons. The van der Waals surface area contributed by atoms with E-state index in [1.54, 1.807) is 23.9 Å². The molecule has 1 aromatic carbocycles. The molecule has 0 unspecified atom stereocenters. The molecule has 2 heterocycles. The van der Waals surface area contributed by atoms with Crippen LogP contribution in [0.1, 0.15) is 33.1 Å². The van der Waals surface area contributed by atoms with E-state index in [4.69, 9.17) is 0 Å². The first-order chi connectivity index (χ1) is 13.1. The summed E-state index contributed by atoms with van der Waals surface area (Å²) in [5.41, 5.74) is 0.511. The first kappa shape index (κ1) is 19.6. The Morgan fingerprint density at radius 1 is 1.07 bits per heavy atom. The van der Waals surface area contributed by atoms with Crippen molar-refractivity contribution in [2.75, 3.05) is 5.75 Å². The first-order valence-corrected chi connectivity index (χ1v) is 10.4. The Morgan fingerprint density at radius 3 is 2.67 bits per heavy atom. The summed E-state index contributed by atoms with van der Waals surface area (Å²) < 4.78 is 18.2. The van der Waals surface area contributed by atoms with E-state index >= 15 is 0 Å². The normalized spacial score (nSPS) is 11.4. The van der Waals surface area contributed by atoms with Crippen LogP contribution in [0.3, 0.4) is 0 Å². The van der Waals surface area contributed by atoms with Crippen molar-refractivity contribution in [1.29, 1.82) is 0 Å². The Kier molecular flexibility index (Phi) is 7.04. The summed E-state index contributed by atoms with van der Waals surface area (Å²) in [6.07, 6.45) is 7.17. The van der Waals surface area contributed by atoms with E-state index in [-0.39, 0.29) is 5.82 Å². The maximum absolute atomic E-state index is 14.2. The summed E-state index contributed by atoms with van der Waals surface area (Å²) in [7, 11) is 0. The molecule has 0 N–H and O–H groups in total. The van der Waals surface area contributed by atoms with E-state index in [1.165, 1.54) is 6.07 Å². The van der Waals surface area contributed by atoms with Gasteiger partial charge in [-0.2, -0.15) is 5.10 Å². The third-order valence-electron chi connectivity index (χ3n) is 4.20. The molecule has 2 aromatic heterocycles. The quantitative estimate of drug-likeness (QED) is 0.367. The van der Waals surface area contributed by atoms with Crippen LogP contribution < -0.4 is 0 Å². The smallest absolute Gasteiger partial charge is 0.191 e. The lowest BCUT2D eigenvalue weighted by Crippen LogP contribution is -2.08. The molecule has 0 aliphatic carbocycles. The standard InChI is InChI=1S/C20H26FN5S/c1-16(2)15-26-19(17-9-4-5-10-18(17)21)23-24-20(26)27-14-7-3-6-12-25-13-8-11-22-25/h4-5,8-11,13,16H,3,6-7,12,14-15H2,1-2H3. The van der Waals surface area contributed by atoms with Crippen molar-refractivity contribution in [3.63, 3.8) is 0 Å². The molecule has 3 aromatic rings. The summed E-state index contributed by atoms with van der Waals surface area (Å²) in [4.78, 5) is 0. The minimum absolute atomic E-state index is 0.259. The van der Waals surface area contributed by atoms with Gasteiger partial charge in [0.2, 0.25) is 0 Å². The van der Waals surface area contributed by atoms with Gasteiger partial charge in [0.15, 0.2) is 11.0 Å². The fraction of sp³-hybridized carbons (Fsp3) is 0.450. The molecule has 0 saturated heterocycles. The van der Waals surface area contributed by atoms with Gasteiger partial charge in [0.1, 0.15) is 5.82 Å². The number of aryl methyl sites for hydroxylation is 1. The Morgan fingerprint density at radius 2 is 1.93 bits per heavy atom. The zero-order valence-corrected chi connectivity index (χ0v) is 16.7. The summed E-state index contributed by atoms with van der Waals surface area (Å²) >= 11 is 1.70. The van der Waals surface area contributed by atoms with Gasteiger partial charge in [-0.3, -0.25) is 4.68 Å². The van der Waals surface area contributed by atoms with Crippen molar-refractivity contribution in [2.45, 2.75) is 51.4 Å². The van der Waals surface area contributed by atoms with Gasteiger partial charge in [-0.05, 0) is 37.0 Å². The maximum atomic E-state index is 14.2. The van der Waals surface area contributed by atoms with Crippen LogP contribution in [0.5, 0.6) is 0 Å². The lowest BCUT2D eigenvalue weighted by molar-refractivity contribution is 0.496. The second-order valence-corrected chi connectivity index (χ2v) is 8.03. The van der Waals surface area contributed by atoms with E-state index in [1.807, 2.05) is 29.2 Å². The molecule has 0 saturated carbocycles. The third-order valence-corrected chi connectivity index (χ3v) is 5.25. The molecule has 3 rings (SSSR count). The monoisotopic (exact) mass is 387 g/mol. The van der Waals surface area contributed by atoms with Crippen LogP contribution in [-0.4, -0.2) is 30.3 Å². The van der Waals surface area contributed by atoms with Crippen LogP contribution in [0.25, 0.3) is 11.4 Å². The minimum Gasteiger partial charge on any atom is -0.302 e. The minimum atomic E-state index is -0.259. The van der Waals surface area contributed by atoms with Crippen LogP contribution in [0, 0.1) is 11.7 Å². The second-order valence-electron chi connectivity index (χ2n) is 6.97. The number of rotatable bonds is 10. The van der Waals surface area contributed by atoms with E-state index in [0.717, 1.165) is 43.3 Å². The number of unbranched alkanes of at least 4 members (excludes halogenated alkanes) is 2. The summed E-state index contributed by atoms with van der Waals surface area (Å²) in [6.45, 7) is 6.03. The average molecular weight is 388 g/mol. The fourth-order valence-corrected chi connectivity index (χ4v) is 3.86. The van der Waals surface area contributed by atoms with Crippen molar-refractivity contribution < 1.29 is 4.39 Å². The molecule has 0 bridgehead atoms. The largest absolute Gasteiger partial charge is 0.302 e. The van der Waals surface area contributed by atoms with Crippen LogP contribution in [0.2, 0.25) is 0 Å². The highest BCUT2D eigenvalue weighted by atomic mass is 32.2. The number of halogens is 1. The van der Waals surface area contributed by atoms with E-state index in [0.29, 0.717) is 17.3 Å². The number of aromatic nitrogens is 5. The molecule has 0 spiro atoms. The zero-order chi connectivity index (χ0) is 19.1. The van der Waals surface area contributed by atoms with Crippen LogP contribution in [0.15, 0.2) is 47.9 Å². The van der Waals surface area contributed by atoms with Gasteiger partial charge in [0, 0.05) is 31.2 Å². The summed E-state index contributed by atoms with van der Waals surface area (Å²) in [5, 5.41) is 13.7. The second kappa shape index (κ2) is 9.69. The highest BCUT2D eigenvalue weighted by Gasteiger charge is 2.17. The number of nitrogens with zero attached hydrogens (tertiary/aromatic N) is 5. The van der Waals surface area contributed by atoms with Gasteiger partial charge in [-0.1, -0.05) is 44.2 Å². The molecule has 0 amide bonds. The van der Waals surface area contributed by atoms with Gasteiger partial charge in [0.05, 0.1) is 5.56 Å². The maximum Gasteiger partial charge on any atom is 0.191 e. The lowest BCUT2D eigenvalue weighted by atomic mass is 10.2. The molecule has 144 valence electrons. The molecule has 0 aliphatic heterocycles. The Balaban J connectivity index is 1.59. The first-order valence-electron chi connectivity index (χ1n) is 9.43.